The first kappa shape index (κ1) is 13.0. The lowest BCUT2D eigenvalue weighted by Crippen LogP contribution is -2.29. The van der Waals surface area contributed by atoms with Crippen LogP contribution in [0.15, 0.2) is 11.5 Å². The Morgan fingerprint density at radius 1 is 1.69 bits per heavy atom. The van der Waals surface area contributed by atoms with Gasteiger partial charge in [-0.3, -0.25) is 4.79 Å². The van der Waals surface area contributed by atoms with Gasteiger partial charge < -0.3 is 14.4 Å². The van der Waals surface area contributed by atoms with Crippen molar-refractivity contribution in [1.29, 1.82) is 0 Å². The quantitative estimate of drug-likeness (QED) is 0.750. The second-order valence-electron chi connectivity index (χ2n) is 3.89. The third kappa shape index (κ3) is 3.82. The summed E-state index contributed by atoms with van der Waals surface area (Å²) in [7, 11) is 1.63. The van der Waals surface area contributed by atoms with E-state index in [1.165, 1.54) is 0 Å². The monoisotopic (exact) mass is 245 g/mol. The molecule has 1 N–H and O–H groups in total. The zero-order valence-corrected chi connectivity index (χ0v) is 10.3. The molecule has 0 amide bonds. The van der Waals surface area contributed by atoms with E-state index in [1.54, 1.807) is 18.0 Å². The van der Waals surface area contributed by atoms with Gasteiger partial charge in [0.2, 0.25) is 0 Å². The number of methoxy groups -OCH3 is 1. The lowest BCUT2D eigenvalue weighted by molar-refractivity contribution is -0.133. The molecule has 0 unspecified atom stereocenters. The van der Waals surface area contributed by atoms with Crippen LogP contribution < -0.4 is 0 Å². The van der Waals surface area contributed by atoms with Gasteiger partial charge in [0.1, 0.15) is 6.33 Å². The van der Waals surface area contributed by atoms with Gasteiger partial charge >= 0.3 is 5.97 Å². The van der Waals surface area contributed by atoms with Crippen molar-refractivity contribution in [2.45, 2.75) is 31.1 Å². The summed E-state index contributed by atoms with van der Waals surface area (Å²) in [5.74, 6) is -0.892. The predicted octanol–water partition coefficient (Wildman–Crippen LogP) is 0.880. The van der Waals surface area contributed by atoms with Crippen molar-refractivity contribution in [2.75, 3.05) is 12.9 Å². The van der Waals surface area contributed by atoms with E-state index in [0.717, 1.165) is 11.8 Å². The van der Waals surface area contributed by atoms with E-state index in [2.05, 4.69) is 10.2 Å². The van der Waals surface area contributed by atoms with Crippen molar-refractivity contribution in [1.82, 2.24) is 14.8 Å². The molecule has 0 bridgehead atoms. The normalized spacial score (nSPS) is 11.7. The molecule has 1 aromatic rings. The Balaban J connectivity index is 2.67. The van der Waals surface area contributed by atoms with Crippen LogP contribution in [0.2, 0.25) is 0 Å². The van der Waals surface area contributed by atoms with E-state index in [9.17, 15) is 4.79 Å². The number of ether oxygens (including phenoxy) is 1. The van der Waals surface area contributed by atoms with Crippen LogP contribution in [0, 0.1) is 0 Å². The lowest BCUT2D eigenvalue weighted by atomic mass is 10.1. The molecule has 0 aliphatic heterocycles. The number of hydrogen-bond donors (Lipinski definition) is 1. The van der Waals surface area contributed by atoms with Gasteiger partial charge in [0.25, 0.3) is 0 Å². The molecule has 0 aliphatic rings. The molecule has 0 spiro atoms. The van der Waals surface area contributed by atoms with Crippen LogP contribution in [0.1, 0.15) is 13.8 Å². The predicted molar refractivity (Wildman–Crippen MR) is 59.5 cm³/mol. The van der Waals surface area contributed by atoms with Crippen LogP contribution in [0.25, 0.3) is 0 Å². The summed E-state index contributed by atoms with van der Waals surface area (Å²) in [6, 6.07) is 0. The van der Waals surface area contributed by atoms with Crippen molar-refractivity contribution >= 4 is 17.7 Å². The SMILES string of the molecule is COC(C)(C)Cn1cnnc1SCC(=O)O. The Bertz CT molecular complexity index is 365. The highest BCUT2D eigenvalue weighted by Crippen LogP contribution is 2.18. The van der Waals surface area contributed by atoms with Crippen LogP contribution >= 0.6 is 11.8 Å². The van der Waals surface area contributed by atoms with E-state index in [-0.39, 0.29) is 11.4 Å². The molecule has 0 atom stereocenters. The van der Waals surface area contributed by atoms with Crippen LogP contribution in [-0.4, -0.2) is 44.3 Å². The molecule has 1 heterocycles. The van der Waals surface area contributed by atoms with Gasteiger partial charge in [-0.15, -0.1) is 10.2 Å². The van der Waals surface area contributed by atoms with Crippen molar-refractivity contribution in [3.63, 3.8) is 0 Å². The summed E-state index contributed by atoms with van der Waals surface area (Å²) in [5, 5.41) is 16.8. The second kappa shape index (κ2) is 5.31. The Morgan fingerprint density at radius 3 is 2.94 bits per heavy atom. The molecule has 90 valence electrons. The number of aliphatic carboxylic acids is 1. The zero-order chi connectivity index (χ0) is 12.2. The third-order valence-electron chi connectivity index (χ3n) is 2.01. The first-order chi connectivity index (χ1) is 7.44. The molecule has 16 heavy (non-hydrogen) atoms. The average Bonchev–Trinajstić information content (AvgIpc) is 2.61. The third-order valence-corrected chi connectivity index (χ3v) is 2.97. The van der Waals surface area contributed by atoms with Crippen molar-refractivity contribution in [2.24, 2.45) is 0 Å². The van der Waals surface area contributed by atoms with Crippen LogP contribution in [0.3, 0.4) is 0 Å². The summed E-state index contributed by atoms with van der Waals surface area (Å²) in [6.45, 7) is 4.47. The largest absolute Gasteiger partial charge is 0.481 e. The molecule has 7 heteroatoms. The minimum Gasteiger partial charge on any atom is -0.481 e. The van der Waals surface area contributed by atoms with E-state index in [1.807, 2.05) is 13.8 Å². The molecule has 0 fully saturated rings. The molecule has 0 aromatic carbocycles. The van der Waals surface area contributed by atoms with Gasteiger partial charge in [-0.05, 0) is 13.8 Å². The molecule has 0 saturated heterocycles. The van der Waals surface area contributed by atoms with Crippen LogP contribution in [0.5, 0.6) is 0 Å². The fourth-order valence-corrected chi connectivity index (χ4v) is 1.70. The molecule has 0 radical (unpaired) electrons. The lowest BCUT2D eigenvalue weighted by Gasteiger charge is -2.23. The molecular weight excluding hydrogens is 230 g/mol. The van der Waals surface area contributed by atoms with Crippen molar-refractivity contribution in [3.8, 4) is 0 Å². The highest BCUT2D eigenvalue weighted by Gasteiger charge is 2.19. The molecule has 1 rings (SSSR count). The fourth-order valence-electron chi connectivity index (χ4n) is 1.07. The minimum absolute atomic E-state index is 0.0217. The number of carboxylic acids is 1. The Kier molecular flexibility index (Phi) is 4.31. The highest BCUT2D eigenvalue weighted by molar-refractivity contribution is 7.99. The summed E-state index contributed by atoms with van der Waals surface area (Å²) in [6.07, 6.45) is 1.57. The number of nitrogens with zero attached hydrogens (tertiary/aromatic N) is 3. The van der Waals surface area contributed by atoms with E-state index < -0.39 is 5.97 Å². The standard InChI is InChI=1S/C9H15N3O3S/c1-9(2,15-3)5-12-6-10-11-8(12)16-4-7(13)14/h6H,4-5H2,1-3H3,(H,13,14). The molecular formula is C9H15N3O3S. The first-order valence-electron chi connectivity index (χ1n) is 4.72. The number of hydrogen-bond acceptors (Lipinski definition) is 5. The van der Waals surface area contributed by atoms with E-state index >= 15 is 0 Å². The molecule has 1 aromatic heterocycles. The topological polar surface area (TPSA) is 77.2 Å². The number of aromatic nitrogens is 3. The van der Waals surface area contributed by atoms with Crippen LogP contribution in [-0.2, 0) is 16.1 Å². The maximum atomic E-state index is 10.4. The Morgan fingerprint density at radius 2 is 2.38 bits per heavy atom. The Labute approximate surface area is 98.0 Å². The van der Waals surface area contributed by atoms with Gasteiger partial charge in [-0.25, -0.2) is 0 Å². The van der Waals surface area contributed by atoms with E-state index in [4.69, 9.17) is 9.84 Å². The smallest absolute Gasteiger partial charge is 0.313 e. The maximum Gasteiger partial charge on any atom is 0.313 e. The van der Waals surface area contributed by atoms with Gasteiger partial charge in [0.05, 0.1) is 17.9 Å². The zero-order valence-electron chi connectivity index (χ0n) is 9.51. The fraction of sp³-hybridized carbons (Fsp3) is 0.667. The maximum absolute atomic E-state index is 10.4. The summed E-state index contributed by atoms with van der Waals surface area (Å²) in [5.41, 5.74) is -0.332. The molecule has 0 aliphatic carbocycles. The number of thioether (sulfide) groups is 1. The second-order valence-corrected chi connectivity index (χ2v) is 4.83. The number of rotatable bonds is 6. The number of carbonyl (C=O) groups is 1. The van der Waals surface area contributed by atoms with Gasteiger partial charge in [0.15, 0.2) is 5.16 Å². The summed E-state index contributed by atoms with van der Waals surface area (Å²) >= 11 is 1.15. The van der Waals surface area contributed by atoms with Crippen LogP contribution in [0.4, 0.5) is 0 Å². The van der Waals surface area contributed by atoms with Gasteiger partial charge in [-0.1, -0.05) is 11.8 Å². The van der Waals surface area contributed by atoms with E-state index in [0.29, 0.717) is 11.7 Å². The van der Waals surface area contributed by atoms with Gasteiger partial charge in [-0.2, -0.15) is 0 Å². The average molecular weight is 245 g/mol. The van der Waals surface area contributed by atoms with Crippen molar-refractivity contribution in [3.05, 3.63) is 6.33 Å². The number of carboxylic acid groups (broad SMARTS) is 1. The highest BCUT2D eigenvalue weighted by atomic mass is 32.2. The minimum atomic E-state index is -0.870. The molecule has 6 nitrogen and oxygen atoms in total. The Hall–Kier alpha value is -1.08. The van der Waals surface area contributed by atoms with Gasteiger partial charge in [0, 0.05) is 7.11 Å². The summed E-state index contributed by atoms with van der Waals surface area (Å²) < 4.78 is 7.08. The van der Waals surface area contributed by atoms with Crippen molar-refractivity contribution < 1.29 is 14.6 Å². The molecule has 0 saturated carbocycles. The summed E-state index contributed by atoms with van der Waals surface area (Å²) in [4.78, 5) is 10.4. The first-order valence-corrected chi connectivity index (χ1v) is 5.71.